The van der Waals surface area contributed by atoms with Crippen LogP contribution in [0.4, 0.5) is 0 Å². The maximum Gasteiger partial charge on any atom is 0.107 e. The van der Waals surface area contributed by atoms with E-state index in [2.05, 4.69) is 32.8 Å². The summed E-state index contributed by atoms with van der Waals surface area (Å²) in [7, 11) is 0. The molecular weight excluding hydrogens is 244 g/mol. The average molecular weight is 259 g/mol. The van der Waals surface area contributed by atoms with Gasteiger partial charge < -0.3 is 9.72 Å². The number of hydrogen-bond acceptors (Lipinski definition) is 2. The third kappa shape index (κ3) is 2.01. The summed E-state index contributed by atoms with van der Waals surface area (Å²) in [5.74, 6) is 1.02. The minimum atomic E-state index is -0.0210. The van der Waals surface area contributed by atoms with Crippen molar-refractivity contribution in [3.8, 4) is 0 Å². The van der Waals surface area contributed by atoms with Gasteiger partial charge in [0.15, 0.2) is 0 Å². The van der Waals surface area contributed by atoms with Crippen molar-refractivity contribution in [3.05, 3.63) is 18.2 Å². The van der Waals surface area contributed by atoms with E-state index in [0.717, 1.165) is 31.7 Å². The number of hydrogen-bond donors (Lipinski definition) is 1. The molecule has 4 heteroatoms. The Morgan fingerprint density at radius 3 is 3.21 bits per heavy atom. The van der Waals surface area contributed by atoms with Gasteiger partial charge in [-0.2, -0.15) is 0 Å². The molecule has 2 heterocycles. The largest absolute Gasteiger partial charge is 0.374 e. The molecule has 0 spiro atoms. The summed E-state index contributed by atoms with van der Waals surface area (Å²) in [5.41, 5.74) is -0.0210. The highest BCUT2D eigenvalue weighted by atomic mass is 79.9. The van der Waals surface area contributed by atoms with E-state index in [-0.39, 0.29) is 5.60 Å². The third-order valence-corrected chi connectivity index (χ3v) is 4.13. The van der Waals surface area contributed by atoms with Gasteiger partial charge in [-0.15, -0.1) is 0 Å². The molecule has 2 atom stereocenters. The Labute approximate surface area is 92.4 Å². The lowest BCUT2D eigenvalue weighted by atomic mass is 9.96. The van der Waals surface area contributed by atoms with Gasteiger partial charge in [0.25, 0.3) is 0 Å². The molecule has 0 aromatic carbocycles. The van der Waals surface area contributed by atoms with Crippen LogP contribution in [0.1, 0.15) is 25.6 Å². The molecule has 0 radical (unpaired) electrons. The lowest BCUT2D eigenvalue weighted by Crippen LogP contribution is -2.36. The quantitative estimate of drug-likeness (QED) is 0.846. The highest BCUT2D eigenvalue weighted by Crippen LogP contribution is 2.34. The summed E-state index contributed by atoms with van der Waals surface area (Å²) in [4.78, 5) is 7.67. The van der Waals surface area contributed by atoms with Gasteiger partial charge in [-0.05, 0) is 19.8 Å². The molecule has 0 aliphatic carbocycles. The molecule has 1 fully saturated rings. The molecule has 14 heavy (non-hydrogen) atoms. The van der Waals surface area contributed by atoms with Crippen LogP contribution in [0.3, 0.4) is 0 Å². The van der Waals surface area contributed by atoms with E-state index < -0.39 is 0 Å². The van der Waals surface area contributed by atoms with E-state index >= 15 is 0 Å². The summed E-state index contributed by atoms with van der Waals surface area (Å²) >= 11 is 3.70. The molecule has 1 aromatic heterocycles. The van der Waals surface area contributed by atoms with E-state index in [0.29, 0.717) is 4.83 Å². The SMILES string of the molecule is CC1(C(Br)Cc2ncc[nH]2)CCCO1. The van der Waals surface area contributed by atoms with Crippen LogP contribution in [0.5, 0.6) is 0 Å². The summed E-state index contributed by atoms with van der Waals surface area (Å²) in [6, 6.07) is 0. The van der Waals surface area contributed by atoms with Crippen LogP contribution in [0.15, 0.2) is 12.4 Å². The summed E-state index contributed by atoms with van der Waals surface area (Å²) in [6.07, 6.45) is 6.82. The maximum absolute atomic E-state index is 5.76. The molecule has 1 saturated heterocycles. The van der Waals surface area contributed by atoms with Gasteiger partial charge in [0, 0.05) is 25.4 Å². The first-order valence-corrected chi connectivity index (χ1v) is 5.88. The lowest BCUT2D eigenvalue weighted by molar-refractivity contribution is 0.0199. The van der Waals surface area contributed by atoms with Crippen LogP contribution in [-0.2, 0) is 11.2 Å². The molecular formula is C10H15BrN2O. The fourth-order valence-corrected chi connectivity index (χ4v) is 2.51. The Morgan fingerprint density at radius 2 is 2.64 bits per heavy atom. The van der Waals surface area contributed by atoms with Crippen LogP contribution in [0.25, 0.3) is 0 Å². The van der Waals surface area contributed by atoms with Crippen molar-refractivity contribution in [2.45, 2.75) is 36.6 Å². The zero-order valence-electron chi connectivity index (χ0n) is 8.29. The first-order chi connectivity index (χ1) is 6.71. The number of halogens is 1. The predicted molar refractivity (Wildman–Crippen MR) is 58.6 cm³/mol. The minimum Gasteiger partial charge on any atom is -0.374 e. The highest BCUT2D eigenvalue weighted by molar-refractivity contribution is 9.09. The molecule has 0 bridgehead atoms. The fourth-order valence-electron chi connectivity index (χ4n) is 1.84. The van der Waals surface area contributed by atoms with Gasteiger partial charge in [-0.25, -0.2) is 4.98 Å². The van der Waals surface area contributed by atoms with Crippen molar-refractivity contribution in [1.29, 1.82) is 0 Å². The van der Waals surface area contributed by atoms with Crippen molar-refractivity contribution in [2.75, 3.05) is 6.61 Å². The Kier molecular flexibility index (Phi) is 2.93. The topological polar surface area (TPSA) is 37.9 Å². The van der Waals surface area contributed by atoms with Gasteiger partial charge >= 0.3 is 0 Å². The van der Waals surface area contributed by atoms with E-state index in [9.17, 15) is 0 Å². The molecule has 1 aliphatic rings. The molecule has 0 amide bonds. The average Bonchev–Trinajstić information content (AvgIpc) is 2.76. The van der Waals surface area contributed by atoms with Gasteiger partial charge in [0.05, 0.1) is 10.4 Å². The van der Waals surface area contributed by atoms with Crippen molar-refractivity contribution < 1.29 is 4.74 Å². The van der Waals surface area contributed by atoms with Crippen LogP contribution in [0.2, 0.25) is 0 Å². The number of ether oxygens (including phenoxy) is 1. The van der Waals surface area contributed by atoms with Crippen molar-refractivity contribution >= 4 is 15.9 Å². The summed E-state index contributed by atoms with van der Waals surface area (Å²) in [5, 5.41) is 0. The van der Waals surface area contributed by atoms with Crippen LogP contribution in [-0.4, -0.2) is 27.0 Å². The first kappa shape index (κ1) is 10.2. The number of rotatable bonds is 3. The monoisotopic (exact) mass is 258 g/mol. The smallest absolute Gasteiger partial charge is 0.107 e. The Hall–Kier alpha value is -0.350. The number of nitrogens with one attached hydrogen (secondary N) is 1. The van der Waals surface area contributed by atoms with Crippen LogP contribution >= 0.6 is 15.9 Å². The Bertz CT molecular complexity index is 280. The zero-order chi connectivity index (χ0) is 10.0. The number of alkyl halides is 1. The molecule has 2 rings (SSSR count). The molecule has 1 N–H and O–H groups in total. The van der Waals surface area contributed by atoms with E-state index in [1.54, 1.807) is 6.20 Å². The standard InChI is InChI=1S/C10H15BrN2O/c1-10(3-2-6-14-10)8(11)7-9-12-4-5-13-9/h4-5,8H,2-3,6-7H2,1H3,(H,12,13). The molecule has 1 aliphatic heterocycles. The Morgan fingerprint density at radius 1 is 1.79 bits per heavy atom. The second-order valence-corrected chi connectivity index (χ2v) is 5.08. The minimum absolute atomic E-state index is 0.0210. The van der Waals surface area contributed by atoms with Crippen LogP contribution < -0.4 is 0 Å². The molecule has 78 valence electrons. The van der Waals surface area contributed by atoms with E-state index in [1.165, 1.54) is 0 Å². The van der Waals surface area contributed by atoms with Crippen molar-refractivity contribution in [1.82, 2.24) is 9.97 Å². The van der Waals surface area contributed by atoms with Crippen molar-refractivity contribution in [2.24, 2.45) is 0 Å². The van der Waals surface area contributed by atoms with Crippen LogP contribution in [0, 0.1) is 0 Å². The number of aromatic amines is 1. The van der Waals surface area contributed by atoms with Gasteiger partial charge in [-0.3, -0.25) is 0 Å². The van der Waals surface area contributed by atoms with Gasteiger partial charge in [-0.1, -0.05) is 15.9 Å². The van der Waals surface area contributed by atoms with E-state index in [4.69, 9.17) is 4.74 Å². The number of nitrogens with zero attached hydrogens (tertiary/aromatic N) is 1. The van der Waals surface area contributed by atoms with Gasteiger partial charge in [0.2, 0.25) is 0 Å². The maximum atomic E-state index is 5.76. The third-order valence-electron chi connectivity index (χ3n) is 2.84. The number of H-pyrrole nitrogens is 1. The molecule has 1 aromatic rings. The zero-order valence-corrected chi connectivity index (χ0v) is 9.88. The van der Waals surface area contributed by atoms with E-state index in [1.807, 2.05) is 6.20 Å². The number of imidazole rings is 1. The molecule has 0 saturated carbocycles. The summed E-state index contributed by atoms with van der Waals surface area (Å²) in [6.45, 7) is 3.05. The Balaban J connectivity index is 1.98. The van der Waals surface area contributed by atoms with Gasteiger partial charge in [0.1, 0.15) is 5.82 Å². The highest BCUT2D eigenvalue weighted by Gasteiger charge is 2.37. The fraction of sp³-hybridized carbons (Fsp3) is 0.700. The lowest BCUT2D eigenvalue weighted by Gasteiger charge is -2.28. The number of aromatic nitrogens is 2. The summed E-state index contributed by atoms with van der Waals surface area (Å²) < 4.78 is 5.76. The second kappa shape index (κ2) is 4.03. The predicted octanol–water partition coefficient (Wildman–Crippen LogP) is 2.28. The normalized spacial score (nSPS) is 29.3. The van der Waals surface area contributed by atoms with Crippen molar-refractivity contribution in [3.63, 3.8) is 0 Å². The molecule has 2 unspecified atom stereocenters. The second-order valence-electron chi connectivity index (χ2n) is 3.97. The molecule has 3 nitrogen and oxygen atoms in total. The first-order valence-electron chi connectivity index (χ1n) is 4.97.